The third-order valence-electron chi connectivity index (χ3n) is 3.28. The largest absolute Gasteiger partial charge is 0.405 e. The molecule has 2 rings (SSSR count). The summed E-state index contributed by atoms with van der Waals surface area (Å²) in [5, 5.41) is 3.19. The van der Waals surface area contributed by atoms with Crippen LogP contribution < -0.4 is 5.32 Å². The van der Waals surface area contributed by atoms with Gasteiger partial charge >= 0.3 is 6.18 Å². The molecule has 9 heteroatoms. The molecule has 5 nitrogen and oxygen atoms in total. The second-order valence-electron chi connectivity index (χ2n) is 5.16. The fraction of sp³-hybridized carbons (Fsp3) is 0.267. The van der Waals surface area contributed by atoms with Crippen LogP contribution in [0.5, 0.6) is 0 Å². The first kappa shape index (κ1) is 18.2. The number of carbonyl (C=O) groups is 1. The van der Waals surface area contributed by atoms with Crippen molar-refractivity contribution in [1.82, 2.24) is 9.62 Å². The number of nitrogens with zero attached hydrogens (tertiary/aromatic N) is 1. The predicted octanol–water partition coefficient (Wildman–Crippen LogP) is 2.14. The monoisotopic (exact) mass is 360 g/mol. The van der Waals surface area contributed by atoms with Gasteiger partial charge < -0.3 is 5.32 Å². The highest BCUT2D eigenvalue weighted by Gasteiger charge is 2.29. The molecule has 0 saturated carbocycles. The molecule has 24 heavy (non-hydrogen) atoms. The summed E-state index contributed by atoms with van der Waals surface area (Å²) in [7, 11) is -2.85. The van der Waals surface area contributed by atoms with Gasteiger partial charge in [0.2, 0.25) is 15.9 Å². The van der Waals surface area contributed by atoms with E-state index in [4.69, 9.17) is 0 Å². The number of sulfonamides is 1. The number of fused-ring (bicyclic) bond motifs is 1. The summed E-state index contributed by atoms with van der Waals surface area (Å²) in [6, 6.07) is 11.6. The van der Waals surface area contributed by atoms with E-state index in [1.165, 1.54) is 12.1 Å². The Morgan fingerprint density at radius 1 is 1.12 bits per heavy atom. The summed E-state index contributed by atoms with van der Waals surface area (Å²) < 4.78 is 61.7. The van der Waals surface area contributed by atoms with Crippen molar-refractivity contribution in [3.63, 3.8) is 0 Å². The van der Waals surface area contributed by atoms with Gasteiger partial charge in [-0.15, -0.1) is 0 Å². The lowest BCUT2D eigenvalue weighted by molar-refractivity contribution is -0.138. The van der Waals surface area contributed by atoms with E-state index in [1.54, 1.807) is 23.5 Å². The van der Waals surface area contributed by atoms with E-state index in [2.05, 4.69) is 0 Å². The number of alkyl halides is 3. The molecule has 2 aromatic carbocycles. The van der Waals surface area contributed by atoms with Gasteiger partial charge in [0, 0.05) is 7.05 Å². The molecule has 0 aliphatic rings. The summed E-state index contributed by atoms with van der Waals surface area (Å²) in [4.78, 5) is 11.4. The highest BCUT2D eigenvalue weighted by molar-refractivity contribution is 7.89. The van der Waals surface area contributed by atoms with Crippen molar-refractivity contribution in [3.05, 3.63) is 42.5 Å². The van der Waals surface area contributed by atoms with Crippen LogP contribution in [0.3, 0.4) is 0 Å². The maximum atomic E-state index is 12.4. The fourth-order valence-corrected chi connectivity index (χ4v) is 3.21. The maximum Gasteiger partial charge on any atom is 0.405 e. The van der Waals surface area contributed by atoms with Crippen molar-refractivity contribution >= 4 is 26.7 Å². The van der Waals surface area contributed by atoms with E-state index >= 15 is 0 Å². The van der Waals surface area contributed by atoms with Gasteiger partial charge in [0.05, 0.1) is 11.4 Å². The molecule has 0 atom stereocenters. The van der Waals surface area contributed by atoms with Gasteiger partial charge in [-0.25, -0.2) is 8.42 Å². The molecule has 0 fully saturated rings. The van der Waals surface area contributed by atoms with Crippen LogP contribution in [-0.4, -0.2) is 44.9 Å². The van der Waals surface area contributed by atoms with Crippen LogP contribution in [0.1, 0.15) is 0 Å². The smallest absolute Gasteiger partial charge is 0.346 e. The van der Waals surface area contributed by atoms with E-state index in [9.17, 15) is 26.4 Å². The predicted molar refractivity (Wildman–Crippen MR) is 82.8 cm³/mol. The molecule has 2 aromatic rings. The summed E-state index contributed by atoms with van der Waals surface area (Å²) in [6.45, 7) is -2.21. The molecule has 0 bridgehead atoms. The summed E-state index contributed by atoms with van der Waals surface area (Å²) in [5.41, 5.74) is 0. The Morgan fingerprint density at radius 2 is 1.75 bits per heavy atom. The van der Waals surface area contributed by atoms with Crippen molar-refractivity contribution in [2.24, 2.45) is 0 Å². The number of likely N-dealkylation sites (N-methyl/N-ethyl adjacent to an activating group) is 1. The summed E-state index contributed by atoms with van der Waals surface area (Å²) >= 11 is 0. The van der Waals surface area contributed by atoms with Crippen LogP contribution in [0.2, 0.25) is 0 Å². The summed E-state index contributed by atoms with van der Waals surface area (Å²) in [5.74, 6) is -1.03. The minimum absolute atomic E-state index is 0.0349. The van der Waals surface area contributed by atoms with Gasteiger partial charge in [0.15, 0.2) is 0 Å². The van der Waals surface area contributed by atoms with Crippen molar-refractivity contribution in [3.8, 4) is 0 Å². The SMILES string of the molecule is CN(CC(=O)NCC(F)(F)F)S(=O)(=O)c1ccc2ccccc2c1. The molecule has 1 N–H and O–H groups in total. The van der Waals surface area contributed by atoms with E-state index in [-0.39, 0.29) is 4.90 Å². The number of benzene rings is 2. The van der Waals surface area contributed by atoms with Crippen LogP contribution >= 0.6 is 0 Å². The van der Waals surface area contributed by atoms with Gasteiger partial charge in [0.1, 0.15) is 6.54 Å². The maximum absolute atomic E-state index is 12.4. The molecule has 0 spiro atoms. The highest BCUT2D eigenvalue weighted by atomic mass is 32.2. The number of hydrogen-bond acceptors (Lipinski definition) is 3. The molecule has 130 valence electrons. The van der Waals surface area contributed by atoms with Crippen LogP contribution in [0.4, 0.5) is 13.2 Å². The average Bonchev–Trinajstić information content (AvgIpc) is 2.51. The molecule has 0 saturated heterocycles. The quantitative estimate of drug-likeness (QED) is 0.888. The zero-order valence-electron chi connectivity index (χ0n) is 12.7. The first-order valence-corrected chi connectivity index (χ1v) is 8.32. The molecular weight excluding hydrogens is 345 g/mol. The lowest BCUT2D eigenvalue weighted by Gasteiger charge is -2.17. The zero-order valence-corrected chi connectivity index (χ0v) is 13.5. The molecule has 0 heterocycles. The third kappa shape index (κ3) is 4.45. The molecule has 0 aromatic heterocycles. The van der Waals surface area contributed by atoms with E-state index in [1.807, 2.05) is 12.1 Å². The number of nitrogens with one attached hydrogen (secondary N) is 1. The summed E-state index contributed by atoms with van der Waals surface area (Å²) in [6.07, 6.45) is -4.55. The van der Waals surface area contributed by atoms with Crippen LogP contribution in [0, 0.1) is 0 Å². The lowest BCUT2D eigenvalue weighted by atomic mass is 10.1. The number of halogens is 3. The minimum atomic E-state index is -4.55. The standard InChI is InChI=1S/C15H15F3N2O3S/c1-20(9-14(21)19-10-15(16,17)18)24(22,23)13-7-6-11-4-2-3-5-12(11)8-13/h2-8H,9-10H2,1H3,(H,19,21). The van der Waals surface area contributed by atoms with Gasteiger partial charge in [-0.2, -0.15) is 17.5 Å². The normalized spacial score (nSPS) is 12.5. The molecule has 0 radical (unpaired) electrons. The first-order valence-electron chi connectivity index (χ1n) is 6.88. The number of carbonyl (C=O) groups excluding carboxylic acids is 1. The Labute approximate surface area is 137 Å². The Hall–Kier alpha value is -2.13. The Kier molecular flexibility index (Phi) is 5.14. The molecule has 1 amide bonds. The van der Waals surface area contributed by atoms with Crippen LogP contribution in [0.15, 0.2) is 47.4 Å². The zero-order chi connectivity index (χ0) is 18.0. The molecule has 0 aliphatic carbocycles. The highest BCUT2D eigenvalue weighted by Crippen LogP contribution is 2.21. The van der Waals surface area contributed by atoms with Gasteiger partial charge in [-0.1, -0.05) is 30.3 Å². The Morgan fingerprint density at radius 3 is 2.38 bits per heavy atom. The fourth-order valence-electron chi connectivity index (χ4n) is 2.05. The first-order chi connectivity index (χ1) is 11.1. The third-order valence-corrected chi connectivity index (χ3v) is 5.08. The molecule has 0 aliphatic heterocycles. The van der Waals surface area contributed by atoms with Crippen LogP contribution in [0.25, 0.3) is 10.8 Å². The van der Waals surface area contributed by atoms with Gasteiger partial charge in [-0.05, 0) is 22.9 Å². The topological polar surface area (TPSA) is 66.5 Å². The van der Waals surface area contributed by atoms with Crippen molar-refractivity contribution in [2.75, 3.05) is 20.1 Å². The van der Waals surface area contributed by atoms with E-state index in [0.29, 0.717) is 9.69 Å². The molecular formula is C15H15F3N2O3S. The lowest BCUT2D eigenvalue weighted by Crippen LogP contribution is -2.41. The van der Waals surface area contributed by atoms with Gasteiger partial charge in [-0.3, -0.25) is 4.79 Å². The second-order valence-corrected chi connectivity index (χ2v) is 7.21. The van der Waals surface area contributed by atoms with Crippen molar-refractivity contribution in [2.45, 2.75) is 11.1 Å². The van der Waals surface area contributed by atoms with E-state index < -0.39 is 35.2 Å². The number of amides is 1. The van der Waals surface area contributed by atoms with Crippen LogP contribution in [-0.2, 0) is 14.8 Å². The minimum Gasteiger partial charge on any atom is -0.346 e. The van der Waals surface area contributed by atoms with Gasteiger partial charge in [0.25, 0.3) is 0 Å². The molecule has 0 unspecified atom stereocenters. The Bertz CT molecular complexity index is 850. The second kappa shape index (κ2) is 6.78. The van der Waals surface area contributed by atoms with Crippen molar-refractivity contribution < 1.29 is 26.4 Å². The average molecular weight is 360 g/mol. The Balaban J connectivity index is 2.14. The number of rotatable bonds is 5. The van der Waals surface area contributed by atoms with E-state index in [0.717, 1.165) is 12.4 Å². The van der Waals surface area contributed by atoms with Crippen molar-refractivity contribution in [1.29, 1.82) is 0 Å². The number of hydrogen-bond donors (Lipinski definition) is 1.